The Morgan fingerprint density at radius 1 is 0.881 bits per heavy atom. The van der Waals surface area contributed by atoms with Gasteiger partial charge < -0.3 is 24.1 Å². The number of carbonyl (C=O) groups excluding carboxylic acids is 3. The quantitative estimate of drug-likeness (QED) is 0.364. The maximum atomic E-state index is 13.1. The summed E-state index contributed by atoms with van der Waals surface area (Å²) in [7, 11) is 0. The predicted octanol–water partition coefficient (Wildman–Crippen LogP) is 5.05. The first-order chi connectivity index (χ1) is 19.8. The smallest absolute Gasteiger partial charge is 0.444 e. The van der Waals surface area contributed by atoms with Gasteiger partial charge in [-0.2, -0.15) is 13.2 Å². The minimum absolute atomic E-state index is 0.000671. The molecule has 230 valence electrons. The fourth-order valence-electron chi connectivity index (χ4n) is 4.60. The van der Waals surface area contributed by atoms with Crippen molar-refractivity contribution in [1.29, 1.82) is 0 Å². The van der Waals surface area contributed by atoms with Gasteiger partial charge in [-0.3, -0.25) is 9.80 Å². The van der Waals surface area contributed by atoms with Crippen LogP contribution in [-0.4, -0.2) is 70.6 Å². The topological polar surface area (TPSA) is 115 Å². The lowest BCUT2D eigenvalue weighted by atomic mass is 9.94. The second-order valence-electron chi connectivity index (χ2n) is 10.5. The summed E-state index contributed by atoms with van der Waals surface area (Å²) in [5.41, 5.74) is 1.61. The number of nitrogens with zero attached hydrogens (tertiary/aromatic N) is 2. The zero-order valence-electron chi connectivity index (χ0n) is 23.7. The van der Waals surface area contributed by atoms with Crippen molar-refractivity contribution < 1.29 is 51.6 Å². The number of esters is 1. The Labute approximate surface area is 241 Å². The van der Waals surface area contributed by atoms with Crippen LogP contribution in [0.4, 0.5) is 22.8 Å². The molecule has 2 saturated heterocycles. The molecule has 2 aromatic rings. The molecular formula is C29H35F3N2O8. The van der Waals surface area contributed by atoms with Gasteiger partial charge in [-0.05, 0) is 23.0 Å². The molecule has 2 heterocycles. The van der Waals surface area contributed by atoms with E-state index >= 15 is 0 Å². The summed E-state index contributed by atoms with van der Waals surface area (Å²) in [4.78, 5) is 37.7. The highest BCUT2D eigenvalue weighted by atomic mass is 19.4. The second kappa shape index (κ2) is 13.9. The number of halogens is 3. The van der Waals surface area contributed by atoms with Crippen LogP contribution in [0.5, 0.6) is 0 Å². The lowest BCUT2D eigenvalue weighted by molar-refractivity contribution is -0.357. The molecule has 2 amide bonds. The summed E-state index contributed by atoms with van der Waals surface area (Å²) >= 11 is 0. The van der Waals surface area contributed by atoms with Crippen molar-refractivity contribution >= 4 is 18.2 Å². The van der Waals surface area contributed by atoms with E-state index in [4.69, 9.17) is 14.2 Å². The van der Waals surface area contributed by atoms with Gasteiger partial charge >= 0.3 is 24.3 Å². The normalized spacial score (nSPS) is 22.1. The number of amides is 2. The number of hydrogen-bond acceptors (Lipinski definition) is 8. The molecule has 4 rings (SSSR count). The molecule has 0 aliphatic carbocycles. The third kappa shape index (κ3) is 7.71. The van der Waals surface area contributed by atoms with Gasteiger partial charge in [0.15, 0.2) is 6.73 Å². The Morgan fingerprint density at radius 2 is 1.36 bits per heavy atom. The predicted molar refractivity (Wildman–Crippen MR) is 142 cm³/mol. The van der Waals surface area contributed by atoms with Crippen LogP contribution in [0, 0.1) is 11.8 Å². The molecule has 0 saturated carbocycles. The summed E-state index contributed by atoms with van der Waals surface area (Å²) in [6, 6.07) is 16.0. The maximum Gasteiger partial charge on any atom is 0.445 e. The highest BCUT2D eigenvalue weighted by Gasteiger charge is 2.67. The van der Waals surface area contributed by atoms with Gasteiger partial charge in [0.2, 0.25) is 0 Å². The van der Waals surface area contributed by atoms with E-state index in [0.29, 0.717) is 5.56 Å². The molecule has 3 atom stereocenters. The van der Waals surface area contributed by atoms with Crippen LogP contribution in [0.15, 0.2) is 60.7 Å². The molecule has 0 spiro atoms. The number of rotatable bonds is 6. The van der Waals surface area contributed by atoms with Crippen LogP contribution in [0.3, 0.4) is 0 Å². The van der Waals surface area contributed by atoms with E-state index < -0.39 is 48.9 Å². The number of ether oxygens (including phenoxy) is 4. The molecule has 10 nitrogen and oxygen atoms in total. The van der Waals surface area contributed by atoms with E-state index in [1.807, 2.05) is 44.2 Å². The maximum absolute atomic E-state index is 13.1. The van der Waals surface area contributed by atoms with Gasteiger partial charge in [0, 0.05) is 0 Å². The molecule has 2 aliphatic heterocycles. The van der Waals surface area contributed by atoms with Crippen molar-refractivity contribution in [2.45, 2.75) is 65.0 Å². The number of cyclic esters (lactones) is 1. The second-order valence-corrected chi connectivity index (χ2v) is 10.5. The summed E-state index contributed by atoms with van der Waals surface area (Å²) < 4.78 is 58.9. The molecule has 2 aromatic carbocycles. The lowest BCUT2D eigenvalue weighted by Gasteiger charge is -2.34. The van der Waals surface area contributed by atoms with E-state index in [0.717, 1.165) is 10.5 Å². The van der Waals surface area contributed by atoms with Crippen LogP contribution in [0.25, 0.3) is 0 Å². The molecule has 0 radical (unpaired) electrons. The van der Waals surface area contributed by atoms with E-state index in [1.165, 1.54) is 18.7 Å². The Hall–Kier alpha value is -3.84. The van der Waals surface area contributed by atoms with Crippen LogP contribution in [-0.2, 0) is 37.0 Å². The Balaban J connectivity index is 0.000000235. The highest BCUT2D eigenvalue weighted by Crippen LogP contribution is 2.43. The first-order valence-electron chi connectivity index (χ1n) is 13.3. The Morgan fingerprint density at radius 3 is 1.79 bits per heavy atom. The minimum atomic E-state index is -5.02. The number of aliphatic hydroxyl groups is 1. The highest BCUT2D eigenvalue weighted by molar-refractivity contribution is 5.84. The first kappa shape index (κ1) is 32.7. The van der Waals surface area contributed by atoms with Gasteiger partial charge in [-0.25, -0.2) is 14.4 Å². The zero-order valence-corrected chi connectivity index (χ0v) is 23.7. The van der Waals surface area contributed by atoms with Crippen molar-refractivity contribution in [3.63, 3.8) is 0 Å². The molecule has 0 unspecified atom stereocenters. The summed E-state index contributed by atoms with van der Waals surface area (Å²) in [6.07, 6.45) is -6.50. The molecule has 0 aromatic heterocycles. The van der Waals surface area contributed by atoms with E-state index in [1.54, 1.807) is 30.3 Å². The van der Waals surface area contributed by atoms with E-state index in [2.05, 4.69) is 4.74 Å². The van der Waals surface area contributed by atoms with E-state index in [9.17, 15) is 32.7 Å². The number of alkyl halides is 3. The number of carbonyl (C=O) groups is 3. The van der Waals surface area contributed by atoms with Crippen LogP contribution < -0.4 is 0 Å². The lowest BCUT2D eigenvalue weighted by Crippen LogP contribution is -2.58. The molecule has 1 N–H and O–H groups in total. The summed E-state index contributed by atoms with van der Waals surface area (Å²) in [5, 5.41) is 9.87. The molecule has 0 bridgehead atoms. The van der Waals surface area contributed by atoms with Gasteiger partial charge in [0.05, 0.1) is 0 Å². The third-order valence-electron chi connectivity index (χ3n) is 6.63. The van der Waals surface area contributed by atoms with Crippen LogP contribution in [0.2, 0.25) is 0 Å². The summed E-state index contributed by atoms with van der Waals surface area (Å²) in [5.74, 6) is -4.45. The van der Waals surface area contributed by atoms with Gasteiger partial charge in [-0.1, -0.05) is 88.4 Å². The van der Waals surface area contributed by atoms with Crippen molar-refractivity contribution in [2.75, 3.05) is 13.5 Å². The molecular weight excluding hydrogens is 561 g/mol. The minimum Gasteiger partial charge on any atom is -0.444 e. The van der Waals surface area contributed by atoms with Crippen LogP contribution in [0.1, 0.15) is 38.8 Å². The monoisotopic (exact) mass is 596 g/mol. The fourth-order valence-corrected chi connectivity index (χ4v) is 4.60. The molecule has 2 aliphatic rings. The number of benzene rings is 2. The van der Waals surface area contributed by atoms with E-state index in [-0.39, 0.29) is 31.8 Å². The van der Waals surface area contributed by atoms with Crippen molar-refractivity contribution in [1.82, 2.24) is 9.80 Å². The van der Waals surface area contributed by atoms with Crippen LogP contribution >= 0.6 is 0 Å². The van der Waals surface area contributed by atoms with Gasteiger partial charge in [-0.15, -0.1) is 0 Å². The van der Waals surface area contributed by atoms with Crippen molar-refractivity contribution in [3.8, 4) is 0 Å². The van der Waals surface area contributed by atoms with Crippen molar-refractivity contribution in [2.24, 2.45) is 11.8 Å². The van der Waals surface area contributed by atoms with Gasteiger partial charge in [0.25, 0.3) is 5.79 Å². The summed E-state index contributed by atoms with van der Waals surface area (Å²) in [6.45, 7) is 6.06. The Kier molecular flexibility index (Phi) is 10.8. The fraction of sp³-hybridized carbons (Fsp3) is 0.483. The zero-order chi connectivity index (χ0) is 31.1. The molecule has 13 heteroatoms. The average molecular weight is 597 g/mol. The van der Waals surface area contributed by atoms with Gasteiger partial charge in [0.1, 0.15) is 32.0 Å². The average Bonchev–Trinajstić information content (AvgIpc) is 3.53. The standard InChI is InChI=1S/C15H18F3NO4.C14H17NO4/c1-10(2)12-14(21,15(16,17)18)23-9-19(12)13(20)22-8-11-6-4-3-5-7-11;1-10(2)12-13(16)19-9-15(12)14(17)18-8-11-6-4-3-5-7-11/h3-7,10,12,21H,8-9H2,1-2H3;3-7,10,12H,8-9H2,1-2H3/t12-,14+;12-/m00/s1. The first-order valence-corrected chi connectivity index (χ1v) is 13.3. The third-order valence-corrected chi connectivity index (χ3v) is 6.63. The molecule has 42 heavy (non-hydrogen) atoms. The Bertz CT molecular complexity index is 1200. The number of hydrogen-bond donors (Lipinski definition) is 1. The molecule has 2 fully saturated rings. The van der Waals surface area contributed by atoms with Crippen molar-refractivity contribution in [3.05, 3.63) is 71.8 Å². The SMILES string of the molecule is CC(C)[C@@H]1N(C(=O)OCc2ccccc2)CO[C@@]1(O)C(F)(F)F.CC(C)[C@H]1C(=O)OCN1C(=O)OCc1ccccc1. The largest absolute Gasteiger partial charge is 0.445 e.